The van der Waals surface area contributed by atoms with Gasteiger partial charge in [-0.1, -0.05) is 5.16 Å². The van der Waals surface area contributed by atoms with Crippen LogP contribution in [0.3, 0.4) is 0 Å². The molecule has 0 bridgehead atoms. The average molecular weight is 283 g/mol. The van der Waals surface area contributed by atoms with E-state index in [1.54, 1.807) is 12.3 Å². The van der Waals surface area contributed by atoms with Gasteiger partial charge in [-0.2, -0.15) is 0 Å². The van der Waals surface area contributed by atoms with E-state index in [1.165, 1.54) is 24.5 Å². The standard InChI is InChI=1S/C11H13N3O4S/c1-6(15)9-5-19-11(12-9)13-10(16)8-3-7(4-17-2)18-14-8/h3,5-6,15H,4H2,1-2H3,(H,12,13,16). The van der Waals surface area contributed by atoms with Gasteiger partial charge >= 0.3 is 0 Å². The quantitative estimate of drug-likeness (QED) is 0.864. The third-order valence-electron chi connectivity index (χ3n) is 2.25. The highest BCUT2D eigenvalue weighted by atomic mass is 32.1. The van der Waals surface area contributed by atoms with E-state index in [0.29, 0.717) is 16.6 Å². The Balaban J connectivity index is 2.02. The number of anilines is 1. The third kappa shape index (κ3) is 3.37. The molecular weight excluding hydrogens is 270 g/mol. The molecule has 0 saturated carbocycles. The molecular formula is C11H13N3O4S. The van der Waals surface area contributed by atoms with E-state index in [2.05, 4.69) is 15.5 Å². The van der Waals surface area contributed by atoms with Gasteiger partial charge in [-0.3, -0.25) is 10.1 Å². The highest BCUT2D eigenvalue weighted by Gasteiger charge is 2.15. The summed E-state index contributed by atoms with van der Waals surface area (Å²) in [5.74, 6) is 0.0501. The minimum absolute atomic E-state index is 0.154. The average Bonchev–Trinajstić information content (AvgIpc) is 2.98. The molecule has 2 rings (SSSR count). The van der Waals surface area contributed by atoms with Crippen molar-refractivity contribution in [2.24, 2.45) is 0 Å². The lowest BCUT2D eigenvalue weighted by molar-refractivity contribution is 0.101. The van der Waals surface area contributed by atoms with Crippen LogP contribution in [0, 0.1) is 0 Å². The van der Waals surface area contributed by atoms with E-state index in [1.807, 2.05) is 0 Å². The summed E-state index contributed by atoms with van der Waals surface area (Å²) in [7, 11) is 1.52. The predicted octanol–water partition coefficient (Wildman–Crippen LogP) is 1.58. The Hall–Kier alpha value is -1.77. The second-order valence-corrected chi connectivity index (χ2v) is 4.68. The Morgan fingerprint density at radius 1 is 1.68 bits per heavy atom. The second-order valence-electron chi connectivity index (χ2n) is 3.82. The fourth-order valence-electron chi connectivity index (χ4n) is 1.33. The number of carbonyl (C=O) groups excluding carboxylic acids is 1. The van der Waals surface area contributed by atoms with Crippen LogP contribution in [0.25, 0.3) is 0 Å². The fourth-order valence-corrected chi connectivity index (χ4v) is 2.12. The summed E-state index contributed by atoms with van der Waals surface area (Å²) >= 11 is 1.23. The molecule has 2 aromatic rings. The molecule has 2 aromatic heterocycles. The third-order valence-corrected chi connectivity index (χ3v) is 3.02. The van der Waals surface area contributed by atoms with Crippen LogP contribution in [0.1, 0.15) is 35.0 Å². The van der Waals surface area contributed by atoms with Crippen molar-refractivity contribution in [1.29, 1.82) is 0 Å². The highest BCUT2D eigenvalue weighted by molar-refractivity contribution is 7.14. The number of nitrogens with zero attached hydrogens (tertiary/aromatic N) is 2. The second kappa shape index (κ2) is 5.91. The van der Waals surface area contributed by atoms with Crippen molar-refractivity contribution in [3.05, 3.63) is 28.6 Å². The summed E-state index contributed by atoms with van der Waals surface area (Å²) in [4.78, 5) is 15.9. The Kier molecular flexibility index (Phi) is 4.25. The lowest BCUT2D eigenvalue weighted by atomic mass is 10.3. The summed E-state index contributed by atoms with van der Waals surface area (Å²) in [6.07, 6.45) is -0.665. The maximum Gasteiger partial charge on any atom is 0.279 e. The Morgan fingerprint density at radius 2 is 2.47 bits per heavy atom. The molecule has 0 aromatic carbocycles. The van der Waals surface area contributed by atoms with Gasteiger partial charge in [0.05, 0.1) is 11.8 Å². The van der Waals surface area contributed by atoms with Gasteiger partial charge in [-0.05, 0) is 6.92 Å². The first-order valence-electron chi connectivity index (χ1n) is 5.49. The summed E-state index contributed by atoms with van der Waals surface area (Å²) in [5.41, 5.74) is 0.668. The summed E-state index contributed by atoms with van der Waals surface area (Å²) in [6.45, 7) is 1.86. The smallest absolute Gasteiger partial charge is 0.279 e. The zero-order valence-corrected chi connectivity index (χ0v) is 11.2. The van der Waals surface area contributed by atoms with Crippen LogP contribution in [0.5, 0.6) is 0 Å². The molecule has 0 aliphatic carbocycles. The van der Waals surface area contributed by atoms with Crippen molar-refractivity contribution in [3.63, 3.8) is 0 Å². The van der Waals surface area contributed by atoms with Crippen LogP contribution in [0.2, 0.25) is 0 Å². The van der Waals surface area contributed by atoms with Crippen molar-refractivity contribution in [2.45, 2.75) is 19.6 Å². The number of hydrogen-bond acceptors (Lipinski definition) is 7. The maximum atomic E-state index is 11.8. The van der Waals surface area contributed by atoms with Crippen LogP contribution in [0.15, 0.2) is 16.0 Å². The molecule has 8 heteroatoms. The minimum Gasteiger partial charge on any atom is -0.387 e. The van der Waals surface area contributed by atoms with Crippen LogP contribution in [0.4, 0.5) is 5.13 Å². The van der Waals surface area contributed by atoms with Crippen molar-refractivity contribution >= 4 is 22.4 Å². The number of methoxy groups -OCH3 is 1. The van der Waals surface area contributed by atoms with Crippen molar-refractivity contribution < 1.29 is 19.2 Å². The molecule has 0 fully saturated rings. The number of nitrogens with one attached hydrogen (secondary N) is 1. The Morgan fingerprint density at radius 3 is 3.11 bits per heavy atom. The molecule has 0 aliphatic rings. The molecule has 102 valence electrons. The van der Waals surface area contributed by atoms with Crippen molar-refractivity contribution in [1.82, 2.24) is 10.1 Å². The number of ether oxygens (including phenoxy) is 1. The monoisotopic (exact) mass is 283 g/mol. The first-order chi connectivity index (χ1) is 9.10. The largest absolute Gasteiger partial charge is 0.387 e. The van der Waals surface area contributed by atoms with E-state index in [0.717, 1.165) is 0 Å². The molecule has 2 heterocycles. The van der Waals surface area contributed by atoms with Crippen LogP contribution in [-0.2, 0) is 11.3 Å². The first-order valence-corrected chi connectivity index (χ1v) is 6.37. The van der Waals surface area contributed by atoms with E-state index in [-0.39, 0.29) is 12.3 Å². The fraction of sp³-hybridized carbons (Fsp3) is 0.364. The van der Waals surface area contributed by atoms with Gasteiger partial charge in [0.15, 0.2) is 16.6 Å². The molecule has 7 nitrogen and oxygen atoms in total. The summed E-state index contributed by atoms with van der Waals surface area (Å²) < 4.78 is 9.78. The van der Waals surface area contributed by atoms with Crippen molar-refractivity contribution in [2.75, 3.05) is 12.4 Å². The van der Waals surface area contributed by atoms with Crippen LogP contribution in [-0.4, -0.2) is 28.3 Å². The SMILES string of the molecule is COCc1cc(C(=O)Nc2nc(C(C)O)cs2)no1. The summed E-state index contributed by atoms with van der Waals surface area (Å²) in [5, 5.41) is 17.6. The van der Waals surface area contributed by atoms with E-state index in [4.69, 9.17) is 9.26 Å². The molecule has 2 N–H and O–H groups in total. The van der Waals surface area contributed by atoms with E-state index >= 15 is 0 Å². The molecule has 0 spiro atoms. The van der Waals surface area contributed by atoms with Crippen molar-refractivity contribution in [3.8, 4) is 0 Å². The van der Waals surface area contributed by atoms with Gasteiger partial charge in [0.1, 0.15) is 6.61 Å². The van der Waals surface area contributed by atoms with Crippen LogP contribution < -0.4 is 5.32 Å². The lowest BCUT2D eigenvalue weighted by Crippen LogP contribution is -2.12. The summed E-state index contributed by atoms with van der Waals surface area (Å²) in [6, 6.07) is 1.50. The number of carbonyl (C=O) groups is 1. The number of amides is 1. The van der Waals surface area contributed by atoms with Gasteiger partial charge in [-0.25, -0.2) is 4.98 Å². The zero-order valence-electron chi connectivity index (χ0n) is 10.4. The first kappa shape index (κ1) is 13.7. The highest BCUT2D eigenvalue weighted by Crippen LogP contribution is 2.20. The lowest BCUT2D eigenvalue weighted by Gasteiger charge is -1.98. The van der Waals surface area contributed by atoms with Gasteiger partial charge < -0.3 is 14.4 Å². The van der Waals surface area contributed by atoms with Gasteiger partial charge in [-0.15, -0.1) is 11.3 Å². The number of rotatable bonds is 5. The maximum absolute atomic E-state index is 11.8. The van der Waals surface area contributed by atoms with E-state index in [9.17, 15) is 9.90 Å². The molecule has 1 unspecified atom stereocenters. The molecule has 0 aliphatic heterocycles. The zero-order chi connectivity index (χ0) is 13.8. The van der Waals surface area contributed by atoms with Gasteiger partial charge in [0, 0.05) is 18.6 Å². The molecule has 19 heavy (non-hydrogen) atoms. The number of aliphatic hydroxyl groups excluding tert-OH is 1. The minimum atomic E-state index is -0.665. The Bertz CT molecular complexity index is 564. The topological polar surface area (TPSA) is 97.5 Å². The predicted molar refractivity (Wildman–Crippen MR) is 67.9 cm³/mol. The normalized spacial score (nSPS) is 12.4. The molecule has 1 amide bonds. The molecule has 0 radical (unpaired) electrons. The van der Waals surface area contributed by atoms with Gasteiger partial charge in [0.25, 0.3) is 5.91 Å². The molecule has 1 atom stereocenters. The van der Waals surface area contributed by atoms with Crippen LogP contribution >= 0.6 is 11.3 Å². The number of hydrogen-bond donors (Lipinski definition) is 2. The van der Waals surface area contributed by atoms with Gasteiger partial charge in [0.2, 0.25) is 0 Å². The number of aromatic nitrogens is 2. The molecule has 0 saturated heterocycles. The number of aliphatic hydroxyl groups is 1. The number of thiazole rings is 1. The Labute approximate surface area is 113 Å². The van der Waals surface area contributed by atoms with E-state index < -0.39 is 12.0 Å².